The third-order valence-corrected chi connectivity index (χ3v) is 2.35. The fourth-order valence-electron chi connectivity index (χ4n) is 1.03. The van der Waals surface area contributed by atoms with Crippen LogP contribution >= 0.6 is 22.6 Å². The number of aliphatic hydroxyl groups excluding tert-OH is 1. The normalized spacial score (nSPS) is 14.4. The van der Waals surface area contributed by atoms with Crippen LogP contribution in [0.3, 0.4) is 0 Å². The molecular weight excluding hydrogens is 263 g/mol. The number of hydrogen-bond donors (Lipinski definition) is 1. The summed E-state index contributed by atoms with van der Waals surface area (Å²) in [4.78, 5) is 0. The average molecular weight is 274 g/mol. The van der Waals surface area contributed by atoms with E-state index in [1.165, 1.54) is 0 Å². The van der Waals surface area contributed by atoms with Crippen LogP contribution in [0.4, 0.5) is 0 Å². The summed E-state index contributed by atoms with van der Waals surface area (Å²) in [5.41, 5.74) is 2.05. The van der Waals surface area contributed by atoms with E-state index < -0.39 is 6.10 Å². The van der Waals surface area contributed by atoms with Crippen molar-refractivity contribution in [3.05, 3.63) is 40.0 Å². The lowest BCUT2D eigenvalue weighted by molar-refractivity contribution is 0.253. The number of hydrogen-bond acceptors (Lipinski definition) is 1. The lowest BCUT2D eigenvalue weighted by Gasteiger charge is -2.08. The van der Waals surface area contributed by atoms with Crippen molar-refractivity contribution in [3.8, 4) is 0 Å². The highest BCUT2D eigenvalue weighted by Crippen LogP contribution is 2.19. The lowest BCUT2D eigenvalue weighted by atomic mass is 10.0. The van der Waals surface area contributed by atoms with Gasteiger partial charge in [-0.3, -0.25) is 0 Å². The number of rotatable bonds is 2. The first-order chi connectivity index (χ1) is 5.75. The molecule has 1 rings (SSSR count). The first kappa shape index (κ1) is 9.74. The molecule has 0 bridgehead atoms. The zero-order valence-electron chi connectivity index (χ0n) is 6.87. The van der Waals surface area contributed by atoms with Gasteiger partial charge in [-0.05, 0) is 22.1 Å². The molecule has 0 spiro atoms. The molecule has 0 radical (unpaired) electrons. The topological polar surface area (TPSA) is 20.2 Å². The summed E-state index contributed by atoms with van der Waals surface area (Å²) in [6.45, 7) is 1.78. The third kappa shape index (κ3) is 2.32. The summed E-state index contributed by atoms with van der Waals surface area (Å²) >= 11 is 2.15. The molecule has 1 aromatic carbocycles. The zero-order chi connectivity index (χ0) is 8.97. The van der Waals surface area contributed by atoms with Gasteiger partial charge in [0.2, 0.25) is 0 Å². The van der Waals surface area contributed by atoms with E-state index in [-0.39, 0.29) is 0 Å². The van der Waals surface area contributed by atoms with E-state index in [0.29, 0.717) is 0 Å². The SMILES string of the molecule is CC(O)/C(=C\I)c1ccccc1. The molecule has 1 nitrogen and oxygen atoms in total. The molecular formula is C10H11IO. The maximum atomic E-state index is 9.39. The van der Waals surface area contributed by atoms with Crippen LogP contribution in [-0.4, -0.2) is 11.2 Å². The molecule has 0 saturated heterocycles. The predicted octanol–water partition coefficient (Wildman–Crippen LogP) is 2.84. The van der Waals surface area contributed by atoms with Crippen LogP contribution in [0, 0.1) is 0 Å². The highest BCUT2D eigenvalue weighted by molar-refractivity contribution is 14.1. The predicted molar refractivity (Wildman–Crippen MR) is 60.1 cm³/mol. The van der Waals surface area contributed by atoms with Crippen molar-refractivity contribution in [2.75, 3.05) is 0 Å². The number of benzene rings is 1. The Morgan fingerprint density at radius 2 is 2.00 bits per heavy atom. The van der Waals surface area contributed by atoms with E-state index in [9.17, 15) is 5.11 Å². The summed E-state index contributed by atoms with van der Waals surface area (Å²) < 4.78 is 1.91. The minimum Gasteiger partial charge on any atom is -0.389 e. The molecule has 1 N–H and O–H groups in total. The van der Waals surface area contributed by atoms with Crippen LogP contribution in [0.25, 0.3) is 5.57 Å². The van der Waals surface area contributed by atoms with Crippen molar-refractivity contribution >= 4 is 28.2 Å². The average Bonchev–Trinajstić information content (AvgIpc) is 2.07. The molecule has 0 aliphatic rings. The van der Waals surface area contributed by atoms with Crippen LogP contribution in [0.5, 0.6) is 0 Å². The third-order valence-electron chi connectivity index (χ3n) is 1.67. The van der Waals surface area contributed by atoms with E-state index in [0.717, 1.165) is 11.1 Å². The van der Waals surface area contributed by atoms with E-state index in [1.807, 2.05) is 34.4 Å². The van der Waals surface area contributed by atoms with Gasteiger partial charge in [-0.25, -0.2) is 0 Å². The lowest BCUT2D eigenvalue weighted by Crippen LogP contribution is -2.02. The Hall–Kier alpha value is -0.350. The van der Waals surface area contributed by atoms with Crippen LogP contribution in [0.15, 0.2) is 34.4 Å². The van der Waals surface area contributed by atoms with E-state index in [4.69, 9.17) is 0 Å². The van der Waals surface area contributed by atoms with Crippen LogP contribution < -0.4 is 0 Å². The van der Waals surface area contributed by atoms with Crippen molar-refractivity contribution in [2.24, 2.45) is 0 Å². The number of aliphatic hydroxyl groups is 1. The monoisotopic (exact) mass is 274 g/mol. The highest BCUT2D eigenvalue weighted by Gasteiger charge is 2.05. The molecule has 64 valence electrons. The molecule has 0 aliphatic heterocycles. The van der Waals surface area contributed by atoms with Gasteiger partial charge in [0.1, 0.15) is 0 Å². The highest BCUT2D eigenvalue weighted by atomic mass is 127. The van der Waals surface area contributed by atoms with E-state index >= 15 is 0 Å². The van der Waals surface area contributed by atoms with Gasteiger partial charge < -0.3 is 5.11 Å². The second kappa shape index (κ2) is 4.62. The van der Waals surface area contributed by atoms with Gasteiger partial charge in [0.05, 0.1) is 6.10 Å². The molecule has 1 unspecified atom stereocenters. The van der Waals surface area contributed by atoms with Crippen molar-refractivity contribution < 1.29 is 5.11 Å². The second-order valence-electron chi connectivity index (χ2n) is 2.61. The Morgan fingerprint density at radius 1 is 1.42 bits per heavy atom. The maximum absolute atomic E-state index is 9.39. The Morgan fingerprint density at radius 3 is 2.42 bits per heavy atom. The Balaban J connectivity index is 2.97. The number of halogens is 1. The largest absolute Gasteiger partial charge is 0.389 e. The first-order valence-electron chi connectivity index (χ1n) is 3.79. The van der Waals surface area contributed by atoms with Gasteiger partial charge in [-0.1, -0.05) is 52.9 Å². The quantitative estimate of drug-likeness (QED) is 0.822. The minimum absolute atomic E-state index is 0.399. The summed E-state index contributed by atoms with van der Waals surface area (Å²) in [7, 11) is 0. The van der Waals surface area contributed by atoms with Crippen molar-refractivity contribution in [1.29, 1.82) is 0 Å². The molecule has 0 amide bonds. The zero-order valence-corrected chi connectivity index (χ0v) is 9.02. The Labute approximate surface area is 86.3 Å². The molecule has 0 aliphatic carbocycles. The van der Waals surface area contributed by atoms with Gasteiger partial charge in [-0.15, -0.1) is 0 Å². The molecule has 2 heteroatoms. The molecule has 0 aromatic heterocycles. The molecule has 0 heterocycles. The fraction of sp³-hybridized carbons (Fsp3) is 0.200. The summed E-state index contributed by atoms with van der Waals surface area (Å²) in [6, 6.07) is 9.90. The van der Waals surface area contributed by atoms with Crippen LogP contribution in [0.2, 0.25) is 0 Å². The van der Waals surface area contributed by atoms with Gasteiger partial charge in [-0.2, -0.15) is 0 Å². The van der Waals surface area contributed by atoms with Gasteiger partial charge in [0.25, 0.3) is 0 Å². The second-order valence-corrected chi connectivity index (χ2v) is 3.23. The molecule has 12 heavy (non-hydrogen) atoms. The van der Waals surface area contributed by atoms with Gasteiger partial charge in [0, 0.05) is 0 Å². The van der Waals surface area contributed by atoms with Crippen LogP contribution in [0.1, 0.15) is 12.5 Å². The van der Waals surface area contributed by atoms with E-state index in [1.54, 1.807) is 6.92 Å². The minimum atomic E-state index is -0.399. The van der Waals surface area contributed by atoms with Crippen LogP contribution in [-0.2, 0) is 0 Å². The summed E-state index contributed by atoms with van der Waals surface area (Å²) in [6.07, 6.45) is -0.399. The smallest absolute Gasteiger partial charge is 0.0772 e. The van der Waals surface area contributed by atoms with Crippen molar-refractivity contribution in [3.63, 3.8) is 0 Å². The maximum Gasteiger partial charge on any atom is 0.0772 e. The summed E-state index contributed by atoms with van der Waals surface area (Å²) in [5.74, 6) is 0. The fourth-order valence-corrected chi connectivity index (χ4v) is 1.91. The van der Waals surface area contributed by atoms with Gasteiger partial charge >= 0.3 is 0 Å². The summed E-state index contributed by atoms with van der Waals surface area (Å²) in [5, 5.41) is 9.39. The standard InChI is InChI=1S/C10H11IO/c1-8(12)10(7-11)9-5-3-2-4-6-9/h2-8,12H,1H3/b10-7+. The Bertz CT molecular complexity index is 264. The molecule has 0 saturated carbocycles. The Kier molecular flexibility index (Phi) is 3.75. The van der Waals surface area contributed by atoms with Gasteiger partial charge in [0.15, 0.2) is 0 Å². The van der Waals surface area contributed by atoms with E-state index in [2.05, 4.69) is 22.6 Å². The van der Waals surface area contributed by atoms with Crippen molar-refractivity contribution in [1.82, 2.24) is 0 Å². The first-order valence-corrected chi connectivity index (χ1v) is 5.04. The van der Waals surface area contributed by atoms with Crippen molar-refractivity contribution in [2.45, 2.75) is 13.0 Å². The molecule has 0 fully saturated rings. The molecule has 1 atom stereocenters. The molecule has 1 aromatic rings.